The van der Waals surface area contributed by atoms with Crippen molar-refractivity contribution in [2.24, 2.45) is 7.05 Å². The average Bonchev–Trinajstić information content (AvgIpc) is 3.01. The highest BCUT2D eigenvalue weighted by Gasteiger charge is 2.39. The molecule has 1 heterocycles. The van der Waals surface area contributed by atoms with Crippen molar-refractivity contribution < 1.29 is 13.6 Å². The summed E-state index contributed by atoms with van der Waals surface area (Å²) in [6.07, 6.45) is 3.64. The molecule has 0 unspecified atom stereocenters. The van der Waals surface area contributed by atoms with Crippen molar-refractivity contribution in [2.75, 3.05) is 4.90 Å². The number of aryl methyl sites for hydroxylation is 1. The van der Waals surface area contributed by atoms with E-state index in [-0.39, 0.29) is 16.9 Å². The van der Waals surface area contributed by atoms with Crippen LogP contribution in [0.4, 0.5) is 14.5 Å². The van der Waals surface area contributed by atoms with Crippen LogP contribution in [0.2, 0.25) is 0 Å². The van der Waals surface area contributed by atoms with Crippen LogP contribution in [-0.2, 0) is 12.5 Å². The van der Waals surface area contributed by atoms with Crippen molar-refractivity contribution in [1.29, 1.82) is 0 Å². The second-order valence-corrected chi connectivity index (χ2v) is 7.08. The average molecular weight is 333 g/mol. The van der Waals surface area contributed by atoms with Gasteiger partial charge in [-0.25, -0.2) is 0 Å². The van der Waals surface area contributed by atoms with E-state index < -0.39 is 12.5 Å². The van der Waals surface area contributed by atoms with Crippen LogP contribution in [0, 0.1) is 0 Å². The largest absolute Gasteiger partial charge is 0.321 e. The lowest BCUT2D eigenvalue weighted by Gasteiger charge is -2.26. The zero-order chi connectivity index (χ0) is 17.6. The Kier molecular flexibility index (Phi) is 3.94. The van der Waals surface area contributed by atoms with Gasteiger partial charge in [-0.15, -0.1) is 0 Å². The van der Waals surface area contributed by atoms with E-state index in [1.807, 2.05) is 13.0 Å². The molecule has 1 aliphatic rings. The fraction of sp³-hybridized carbons (Fsp3) is 0.444. The first-order valence-corrected chi connectivity index (χ1v) is 7.96. The smallest absolute Gasteiger partial charge is 0.275 e. The first kappa shape index (κ1) is 16.6. The van der Waals surface area contributed by atoms with Gasteiger partial charge in [0, 0.05) is 13.2 Å². The first-order valence-electron chi connectivity index (χ1n) is 7.96. The summed E-state index contributed by atoms with van der Waals surface area (Å²) >= 11 is 0. The Morgan fingerprint density at radius 1 is 1.42 bits per heavy atom. The predicted octanol–water partition coefficient (Wildman–Crippen LogP) is 4.07. The summed E-state index contributed by atoms with van der Waals surface area (Å²) in [5, 5.41) is 3.91. The van der Waals surface area contributed by atoms with Crippen LogP contribution >= 0.6 is 0 Å². The van der Waals surface area contributed by atoms with Gasteiger partial charge in [0.05, 0.1) is 17.4 Å². The fourth-order valence-electron chi connectivity index (χ4n) is 3.82. The maximum Gasteiger partial charge on any atom is 0.321 e. The molecule has 0 aliphatic heterocycles. The van der Waals surface area contributed by atoms with Crippen LogP contribution in [0.25, 0.3) is 0 Å². The molecule has 1 amide bonds. The number of fused-ring (bicyclic) bond motifs is 1. The molecule has 0 N–H and O–H groups in total. The van der Waals surface area contributed by atoms with Gasteiger partial charge in [-0.1, -0.05) is 32.9 Å². The monoisotopic (exact) mass is 333 g/mol. The van der Waals surface area contributed by atoms with Crippen LogP contribution in [0.5, 0.6) is 0 Å². The number of carbonyl (C=O) groups excluding carboxylic acids is 1. The second-order valence-electron chi connectivity index (χ2n) is 7.08. The molecule has 1 aromatic carbocycles. The number of nitrogens with zero attached hydrogens (tertiary/aromatic N) is 3. The molecule has 1 aliphatic carbocycles. The van der Waals surface area contributed by atoms with E-state index in [0.717, 1.165) is 17.5 Å². The third-order valence-corrected chi connectivity index (χ3v) is 4.75. The Balaban J connectivity index is 2.12. The molecule has 0 radical (unpaired) electrons. The van der Waals surface area contributed by atoms with E-state index in [1.54, 1.807) is 19.2 Å². The van der Waals surface area contributed by atoms with Gasteiger partial charge in [0.1, 0.15) is 0 Å². The molecule has 6 heteroatoms. The van der Waals surface area contributed by atoms with Crippen LogP contribution in [0.3, 0.4) is 0 Å². The summed E-state index contributed by atoms with van der Waals surface area (Å²) in [5.41, 5.74) is 2.25. The molecule has 0 bridgehead atoms. The Bertz CT molecular complexity index is 782. The van der Waals surface area contributed by atoms with Crippen molar-refractivity contribution in [2.45, 2.75) is 45.1 Å². The number of hydrogen-bond acceptors (Lipinski definition) is 2. The topological polar surface area (TPSA) is 38.1 Å². The molecule has 3 rings (SSSR count). The maximum absolute atomic E-state index is 13.8. The summed E-state index contributed by atoms with van der Waals surface area (Å²) in [6.45, 7) is 3.32. The number of alkyl halides is 2. The molecule has 128 valence electrons. The number of rotatable bonds is 3. The van der Waals surface area contributed by atoms with E-state index in [9.17, 15) is 13.6 Å². The SMILES string of the molecule is C[C@@H]1CC(C)(C)c2cccc(N(C(=O)c3cnn(C)c3)C(F)F)c21. The molecule has 2 aromatic rings. The standard InChI is InChI=1S/C18H21F2N3O/c1-11-8-18(2,3)13-6-5-7-14(15(11)13)23(17(19)20)16(24)12-9-21-22(4)10-12/h5-7,9-11,17H,8H2,1-4H3/t11-/m1/s1. The molecule has 24 heavy (non-hydrogen) atoms. The minimum absolute atomic E-state index is 0.0874. The highest BCUT2D eigenvalue weighted by Crippen LogP contribution is 2.49. The van der Waals surface area contributed by atoms with Crippen LogP contribution in [-0.4, -0.2) is 22.2 Å². The number of amides is 1. The molecule has 0 saturated heterocycles. The summed E-state index contributed by atoms with van der Waals surface area (Å²) < 4.78 is 29.0. The zero-order valence-corrected chi connectivity index (χ0v) is 14.3. The summed E-state index contributed by atoms with van der Waals surface area (Å²) in [5.74, 6) is -0.613. The molecule has 0 spiro atoms. The van der Waals surface area contributed by atoms with E-state index >= 15 is 0 Å². The highest BCUT2D eigenvalue weighted by atomic mass is 19.3. The normalized spacial score (nSPS) is 18.7. The third kappa shape index (κ3) is 2.60. The summed E-state index contributed by atoms with van der Waals surface area (Å²) in [4.78, 5) is 13.3. The molecule has 0 saturated carbocycles. The van der Waals surface area contributed by atoms with Crippen LogP contribution < -0.4 is 4.90 Å². The molecule has 4 nitrogen and oxygen atoms in total. The fourth-order valence-corrected chi connectivity index (χ4v) is 3.82. The molecule has 0 fully saturated rings. The second kappa shape index (κ2) is 5.69. The van der Waals surface area contributed by atoms with Gasteiger partial charge in [0.15, 0.2) is 0 Å². The lowest BCUT2D eigenvalue weighted by atomic mass is 9.86. The Morgan fingerprint density at radius 2 is 2.12 bits per heavy atom. The summed E-state index contributed by atoms with van der Waals surface area (Å²) in [7, 11) is 1.65. The Hall–Kier alpha value is -2.24. The number of benzene rings is 1. The Morgan fingerprint density at radius 3 is 2.71 bits per heavy atom. The van der Waals surface area contributed by atoms with Gasteiger partial charge in [0.25, 0.3) is 5.91 Å². The molecular formula is C18H21F2N3O. The van der Waals surface area contributed by atoms with Crippen molar-refractivity contribution in [3.63, 3.8) is 0 Å². The minimum Gasteiger partial charge on any atom is -0.275 e. The number of anilines is 1. The van der Waals surface area contributed by atoms with E-state index in [0.29, 0.717) is 10.6 Å². The van der Waals surface area contributed by atoms with Crippen molar-refractivity contribution in [1.82, 2.24) is 9.78 Å². The highest BCUT2D eigenvalue weighted by molar-refractivity contribution is 6.06. The number of halogens is 2. The minimum atomic E-state index is -2.92. The lowest BCUT2D eigenvalue weighted by molar-refractivity contribution is 0.0838. The van der Waals surface area contributed by atoms with Gasteiger partial charge in [0.2, 0.25) is 0 Å². The van der Waals surface area contributed by atoms with Crippen molar-refractivity contribution in [3.05, 3.63) is 47.3 Å². The summed E-state index contributed by atoms with van der Waals surface area (Å²) in [6, 6.07) is 5.33. The van der Waals surface area contributed by atoms with Crippen LogP contribution in [0.1, 0.15) is 54.6 Å². The molecular weight excluding hydrogens is 312 g/mol. The van der Waals surface area contributed by atoms with Gasteiger partial charge < -0.3 is 0 Å². The quantitative estimate of drug-likeness (QED) is 0.794. The third-order valence-electron chi connectivity index (χ3n) is 4.75. The van der Waals surface area contributed by atoms with E-state index in [1.165, 1.54) is 17.1 Å². The van der Waals surface area contributed by atoms with Gasteiger partial charge in [-0.3, -0.25) is 14.4 Å². The predicted molar refractivity (Wildman–Crippen MR) is 88.5 cm³/mol. The number of carbonyl (C=O) groups is 1. The van der Waals surface area contributed by atoms with Gasteiger partial charge >= 0.3 is 6.55 Å². The Labute approximate surface area is 140 Å². The van der Waals surface area contributed by atoms with Gasteiger partial charge in [-0.05, 0) is 34.9 Å². The van der Waals surface area contributed by atoms with E-state index in [4.69, 9.17) is 0 Å². The number of aromatic nitrogens is 2. The maximum atomic E-state index is 13.8. The van der Waals surface area contributed by atoms with Crippen molar-refractivity contribution >= 4 is 11.6 Å². The van der Waals surface area contributed by atoms with E-state index in [2.05, 4.69) is 18.9 Å². The molecule has 1 atom stereocenters. The van der Waals surface area contributed by atoms with Crippen molar-refractivity contribution in [3.8, 4) is 0 Å². The number of hydrogen-bond donors (Lipinski definition) is 0. The first-order chi connectivity index (χ1) is 11.2. The van der Waals surface area contributed by atoms with Gasteiger partial charge in [-0.2, -0.15) is 13.9 Å². The lowest BCUT2D eigenvalue weighted by Crippen LogP contribution is -2.36. The zero-order valence-electron chi connectivity index (χ0n) is 14.3. The van der Waals surface area contributed by atoms with Crippen LogP contribution in [0.15, 0.2) is 30.6 Å². The molecule has 1 aromatic heterocycles.